The van der Waals surface area contributed by atoms with Gasteiger partial charge in [-0.2, -0.15) is 0 Å². The van der Waals surface area contributed by atoms with Crippen LogP contribution in [-0.4, -0.2) is 29.8 Å². The lowest BCUT2D eigenvalue weighted by Crippen LogP contribution is -2.21. The number of aliphatic hydroxyl groups is 1. The molecule has 4 heteroatoms. The van der Waals surface area contributed by atoms with Crippen LogP contribution in [0.2, 0.25) is 5.02 Å². The quantitative estimate of drug-likeness (QED) is 0.803. The molecule has 0 saturated carbocycles. The Kier molecular flexibility index (Phi) is 2.89. The summed E-state index contributed by atoms with van der Waals surface area (Å²) in [6.07, 6.45) is 2.69. The molecule has 1 radical (unpaired) electrons. The van der Waals surface area contributed by atoms with Gasteiger partial charge in [0.25, 0.3) is 0 Å². The second-order valence-electron chi connectivity index (χ2n) is 3.51. The fraction of sp³-hybridized carbons (Fsp3) is 0.500. The van der Waals surface area contributed by atoms with E-state index < -0.39 is 0 Å². The highest BCUT2D eigenvalue weighted by Crippen LogP contribution is 2.27. The van der Waals surface area contributed by atoms with Crippen molar-refractivity contribution in [1.29, 1.82) is 0 Å². The van der Waals surface area contributed by atoms with Crippen LogP contribution in [0.5, 0.6) is 0 Å². The summed E-state index contributed by atoms with van der Waals surface area (Å²) in [4.78, 5) is 6.31. The fourth-order valence-electron chi connectivity index (χ4n) is 1.73. The van der Waals surface area contributed by atoms with E-state index >= 15 is 0 Å². The van der Waals surface area contributed by atoms with Gasteiger partial charge in [0.15, 0.2) is 0 Å². The molecule has 0 spiro atoms. The predicted molar refractivity (Wildman–Crippen MR) is 55.5 cm³/mol. The maximum absolute atomic E-state index is 9.01. The number of rotatable bonds is 2. The van der Waals surface area contributed by atoms with Crippen LogP contribution in [0.3, 0.4) is 0 Å². The molecule has 2 rings (SSSR count). The molecule has 0 bridgehead atoms. The van der Waals surface area contributed by atoms with Crippen LogP contribution >= 0.6 is 11.6 Å². The first-order valence-corrected chi connectivity index (χ1v) is 5.07. The number of pyridine rings is 1. The lowest BCUT2D eigenvalue weighted by molar-refractivity contribution is 0.238. The van der Waals surface area contributed by atoms with Gasteiger partial charge in [0.05, 0.1) is 5.02 Å². The van der Waals surface area contributed by atoms with E-state index in [2.05, 4.69) is 16.0 Å². The van der Waals surface area contributed by atoms with Crippen molar-refractivity contribution >= 4 is 17.4 Å². The van der Waals surface area contributed by atoms with Gasteiger partial charge in [-0.05, 0) is 12.5 Å². The van der Waals surface area contributed by atoms with Crippen molar-refractivity contribution in [2.45, 2.75) is 6.42 Å². The van der Waals surface area contributed by atoms with Crippen molar-refractivity contribution in [1.82, 2.24) is 4.98 Å². The Hall–Kier alpha value is -0.800. The van der Waals surface area contributed by atoms with Crippen LogP contribution in [0, 0.1) is 12.0 Å². The smallest absolute Gasteiger partial charge is 0.147 e. The molecular formula is C10H12ClN2O. The van der Waals surface area contributed by atoms with Crippen LogP contribution in [0.1, 0.15) is 6.42 Å². The Bertz CT molecular complexity index is 319. The molecule has 1 aromatic heterocycles. The summed E-state index contributed by atoms with van der Waals surface area (Å²) in [7, 11) is 0. The first-order chi connectivity index (χ1) is 6.81. The van der Waals surface area contributed by atoms with Gasteiger partial charge in [-0.1, -0.05) is 11.6 Å². The average molecular weight is 212 g/mol. The molecule has 3 nitrogen and oxygen atoms in total. The SMILES string of the molecule is OC[C@@H]1CCN(c2ncc[c]c2Cl)C1. The van der Waals surface area contributed by atoms with Crippen LogP contribution in [0.4, 0.5) is 5.82 Å². The summed E-state index contributed by atoms with van der Waals surface area (Å²) in [6.45, 7) is 1.99. The number of halogens is 1. The average Bonchev–Trinajstić information content (AvgIpc) is 2.67. The number of aliphatic hydroxyl groups excluding tert-OH is 1. The third-order valence-electron chi connectivity index (χ3n) is 2.52. The van der Waals surface area contributed by atoms with Crippen LogP contribution in [0.15, 0.2) is 12.3 Å². The van der Waals surface area contributed by atoms with Gasteiger partial charge in [-0.15, -0.1) is 0 Å². The molecule has 1 fully saturated rings. The number of nitrogens with zero attached hydrogens (tertiary/aromatic N) is 2. The molecule has 1 saturated heterocycles. The van der Waals surface area contributed by atoms with Crippen molar-refractivity contribution in [3.8, 4) is 0 Å². The first kappa shape index (κ1) is 9.74. The van der Waals surface area contributed by atoms with Gasteiger partial charge in [0.2, 0.25) is 0 Å². The molecule has 0 aliphatic carbocycles. The van der Waals surface area contributed by atoms with E-state index in [-0.39, 0.29) is 6.61 Å². The highest BCUT2D eigenvalue weighted by molar-refractivity contribution is 6.32. The molecule has 14 heavy (non-hydrogen) atoms. The Morgan fingerprint density at radius 2 is 2.57 bits per heavy atom. The maximum atomic E-state index is 9.01. The van der Waals surface area contributed by atoms with Crippen LogP contribution < -0.4 is 4.90 Å². The van der Waals surface area contributed by atoms with E-state index in [0.717, 1.165) is 25.3 Å². The lowest BCUT2D eigenvalue weighted by atomic mass is 10.1. The summed E-state index contributed by atoms with van der Waals surface area (Å²) >= 11 is 5.97. The summed E-state index contributed by atoms with van der Waals surface area (Å²) in [6, 6.07) is 4.61. The molecule has 0 unspecified atom stereocenters. The summed E-state index contributed by atoms with van der Waals surface area (Å²) in [5, 5.41) is 9.57. The summed E-state index contributed by atoms with van der Waals surface area (Å²) in [5.74, 6) is 1.14. The molecule has 0 aromatic carbocycles. The van der Waals surface area contributed by atoms with Gasteiger partial charge >= 0.3 is 0 Å². The minimum atomic E-state index is 0.241. The zero-order valence-electron chi connectivity index (χ0n) is 7.78. The van der Waals surface area contributed by atoms with Gasteiger partial charge < -0.3 is 10.0 Å². The van der Waals surface area contributed by atoms with Crippen molar-refractivity contribution in [3.63, 3.8) is 0 Å². The molecule has 75 valence electrons. The van der Waals surface area contributed by atoms with E-state index in [1.165, 1.54) is 0 Å². The van der Waals surface area contributed by atoms with E-state index in [1.807, 2.05) is 0 Å². The van der Waals surface area contributed by atoms with E-state index in [9.17, 15) is 0 Å². The summed E-state index contributed by atoms with van der Waals surface area (Å²) < 4.78 is 0. The predicted octanol–water partition coefficient (Wildman–Crippen LogP) is 1.35. The first-order valence-electron chi connectivity index (χ1n) is 4.69. The number of anilines is 1. The van der Waals surface area contributed by atoms with Gasteiger partial charge in [-0.25, -0.2) is 4.98 Å². The lowest BCUT2D eigenvalue weighted by Gasteiger charge is -2.17. The Balaban J connectivity index is 2.13. The zero-order chi connectivity index (χ0) is 9.97. The topological polar surface area (TPSA) is 36.4 Å². The van der Waals surface area contributed by atoms with E-state index in [0.29, 0.717) is 10.9 Å². The molecule has 1 atom stereocenters. The normalized spacial score (nSPS) is 21.6. The largest absolute Gasteiger partial charge is 0.396 e. The third kappa shape index (κ3) is 1.83. The molecule has 1 aliphatic rings. The van der Waals surface area contributed by atoms with Gasteiger partial charge in [0.1, 0.15) is 5.82 Å². The second-order valence-corrected chi connectivity index (χ2v) is 3.89. The van der Waals surface area contributed by atoms with E-state index in [1.54, 1.807) is 12.3 Å². The Morgan fingerprint density at radius 1 is 1.71 bits per heavy atom. The molecule has 0 amide bonds. The Morgan fingerprint density at radius 3 is 3.21 bits per heavy atom. The minimum absolute atomic E-state index is 0.241. The van der Waals surface area contributed by atoms with Crippen molar-refractivity contribution in [2.24, 2.45) is 5.92 Å². The monoisotopic (exact) mass is 211 g/mol. The Labute approximate surface area is 88.3 Å². The molecule has 1 aromatic rings. The highest BCUT2D eigenvalue weighted by atomic mass is 35.5. The summed E-state index contributed by atoms with van der Waals surface area (Å²) in [5.41, 5.74) is 0. The van der Waals surface area contributed by atoms with Gasteiger partial charge in [-0.3, -0.25) is 0 Å². The van der Waals surface area contributed by atoms with Crippen molar-refractivity contribution < 1.29 is 5.11 Å². The highest BCUT2D eigenvalue weighted by Gasteiger charge is 2.23. The molecule has 2 heterocycles. The maximum Gasteiger partial charge on any atom is 0.147 e. The standard InChI is InChI=1S/C10H12ClN2O/c11-9-2-1-4-12-10(9)13-5-3-8(6-13)7-14/h1,4,8,14H,3,5-7H2/t8-/m1/s1. The number of hydrogen-bond donors (Lipinski definition) is 1. The molecular weight excluding hydrogens is 200 g/mol. The second kappa shape index (κ2) is 4.15. The molecule has 1 aliphatic heterocycles. The third-order valence-corrected chi connectivity index (χ3v) is 2.80. The van der Waals surface area contributed by atoms with Crippen LogP contribution in [0.25, 0.3) is 0 Å². The minimum Gasteiger partial charge on any atom is -0.396 e. The number of hydrogen-bond acceptors (Lipinski definition) is 3. The van der Waals surface area contributed by atoms with Crippen molar-refractivity contribution in [3.05, 3.63) is 23.4 Å². The van der Waals surface area contributed by atoms with Crippen molar-refractivity contribution in [2.75, 3.05) is 24.6 Å². The zero-order valence-corrected chi connectivity index (χ0v) is 8.54. The molecule has 1 N–H and O–H groups in total. The number of aromatic nitrogens is 1. The van der Waals surface area contributed by atoms with E-state index in [4.69, 9.17) is 16.7 Å². The fourth-order valence-corrected chi connectivity index (χ4v) is 1.97. The van der Waals surface area contributed by atoms with Gasteiger partial charge in [0, 0.05) is 37.9 Å². The van der Waals surface area contributed by atoms with Crippen LogP contribution in [-0.2, 0) is 0 Å².